The van der Waals surface area contributed by atoms with Gasteiger partial charge in [0.1, 0.15) is 0 Å². The average molecular weight is 256 g/mol. The van der Waals surface area contributed by atoms with Gasteiger partial charge in [-0.1, -0.05) is 20.8 Å². The number of likely N-dealkylation sites (tertiary alicyclic amines) is 1. The lowest BCUT2D eigenvalue weighted by Gasteiger charge is -2.36. The zero-order chi connectivity index (χ0) is 13.6. The van der Waals surface area contributed by atoms with Crippen LogP contribution in [0, 0.1) is 11.8 Å². The van der Waals surface area contributed by atoms with Gasteiger partial charge in [0, 0.05) is 18.6 Å². The van der Waals surface area contributed by atoms with Gasteiger partial charge in [-0.3, -0.25) is 0 Å². The van der Waals surface area contributed by atoms with Crippen LogP contribution in [0.2, 0.25) is 0 Å². The molecule has 0 saturated carbocycles. The molecular weight excluding hydrogens is 224 g/mol. The molecule has 0 radical (unpaired) electrons. The summed E-state index contributed by atoms with van der Waals surface area (Å²) in [5.41, 5.74) is -0.0625. The van der Waals surface area contributed by atoms with Gasteiger partial charge in [-0.25, -0.2) is 0 Å². The minimum Gasteiger partial charge on any atom is -0.394 e. The van der Waals surface area contributed by atoms with Crippen molar-refractivity contribution in [2.75, 3.05) is 33.3 Å². The number of aliphatic hydroxyl groups is 1. The molecule has 3 atom stereocenters. The van der Waals surface area contributed by atoms with E-state index in [-0.39, 0.29) is 12.1 Å². The molecule has 3 unspecified atom stereocenters. The number of piperidine rings is 1. The third-order valence-electron chi connectivity index (χ3n) is 4.58. The topological polar surface area (TPSA) is 35.5 Å². The Labute approximate surface area is 113 Å². The van der Waals surface area contributed by atoms with Gasteiger partial charge >= 0.3 is 0 Å². The van der Waals surface area contributed by atoms with Gasteiger partial charge in [-0.05, 0) is 51.1 Å². The van der Waals surface area contributed by atoms with Crippen LogP contribution in [0.15, 0.2) is 0 Å². The molecule has 18 heavy (non-hydrogen) atoms. The van der Waals surface area contributed by atoms with Crippen molar-refractivity contribution < 1.29 is 5.11 Å². The Kier molecular flexibility index (Phi) is 6.61. The van der Waals surface area contributed by atoms with E-state index in [0.717, 1.165) is 24.7 Å². The Morgan fingerprint density at radius 1 is 1.28 bits per heavy atom. The second-order valence-electron chi connectivity index (χ2n) is 6.35. The highest BCUT2D eigenvalue weighted by Crippen LogP contribution is 2.22. The lowest BCUT2D eigenvalue weighted by molar-refractivity contribution is 0.120. The average Bonchev–Trinajstić information content (AvgIpc) is 2.34. The molecule has 0 bridgehead atoms. The first kappa shape index (κ1) is 15.9. The Hall–Kier alpha value is -0.120. The Morgan fingerprint density at radius 3 is 2.33 bits per heavy atom. The van der Waals surface area contributed by atoms with Gasteiger partial charge in [-0.15, -0.1) is 0 Å². The van der Waals surface area contributed by atoms with Gasteiger partial charge in [0.2, 0.25) is 0 Å². The van der Waals surface area contributed by atoms with Crippen molar-refractivity contribution in [3.63, 3.8) is 0 Å². The van der Waals surface area contributed by atoms with Gasteiger partial charge in [-0.2, -0.15) is 0 Å². The summed E-state index contributed by atoms with van der Waals surface area (Å²) in [6.45, 7) is 10.8. The third kappa shape index (κ3) is 4.52. The van der Waals surface area contributed by atoms with E-state index in [1.807, 2.05) is 7.05 Å². The number of aliphatic hydroxyl groups excluding tert-OH is 1. The van der Waals surface area contributed by atoms with Gasteiger partial charge in [0.25, 0.3) is 0 Å². The first-order valence-corrected chi connectivity index (χ1v) is 7.57. The minimum atomic E-state index is -0.0625. The zero-order valence-electron chi connectivity index (χ0n) is 12.7. The molecule has 1 saturated heterocycles. The summed E-state index contributed by atoms with van der Waals surface area (Å²) in [6, 6.07) is 0. The summed E-state index contributed by atoms with van der Waals surface area (Å²) in [7, 11) is 1.96. The first-order valence-electron chi connectivity index (χ1n) is 7.57. The quantitative estimate of drug-likeness (QED) is 0.732. The molecule has 0 amide bonds. The highest BCUT2D eigenvalue weighted by molar-refractivity contribution is 4.85. The highest BCUT2D eigenvalue weighted by Gasteiger charge is 2.26. The van der Waals surface area contributed by atoms with Crippen LogP contribution in [0.3, 0.4) is 0 Å². The summed E-state index contributed by atoms with van der Waals surface area (Å²) < 4.78 is 0. The van der Waals surface area contributed by atoms with Crippen molar-refractivity contribution in [1.82, 2.24) is 10.2 Å². The fourth-order valence-corrected chi connectivity index (χ4v) is 3.36. The van der Waals surface area contributed by atoms with Crippen molar-refractivity contribution in [3.05, 3.63) is 0 Å². The van der Waals surface area contributed by atoms with Crippen molar-refractivity contribution in [3.8, 4) is 0 Å². The van der Waals surface area contributed by atoms with Gasteiger partial charge < -0.3 is 15.3 Å². The SMILES string of the molecule is CCC(CO)(CCCN1CC(C)CC(C)C1)NC. The van der Waals surface area contributed by atoms with E-state index in [4.69, 9.17) is 0 Å². The van der Waals surface area contributed by atoms with E-state index in [2.05, 4.69) is 31.0 Å². The van der Waals surface area contributed by atoms with E-state index in [9.17, 15) is 5.11 Å². The molecular formula is C15H32N2O. The molecule has 2 N–H and O–H groups in total. The van der Waals surface area contributed by atoms with Gasteiger partial charge in [0.05, 0.1) is 6.61 Å². The number of nitrogens with one attached hydrogen (secondary N) is 1. The summed E-state index contributed by atoms with van der Waals surface area (Å²) in [4.78, 5) is 2.60. The standard InChI is InChI=1S/C15H32N2O/c1-5-15(12-18,16-4)7-6-8-17-10-13(2)9-14(3)11-17/h13-14,16,18H,5-12H2,1-4H3. The Bertz CT molecular complexity index is 210. The molecule has 3 heteroatoms. The van der Waals surface area contributed by atoms with Crippen LogP contribution in [0.4, 0.5) is 0 Å². The summed E-state index contributed by atoms with van der Waals surface area (Å²) >= 11 is 0. The van der Waals surface area contributed by atoms with Crippen LogP contribution in [-0.2, 0) is 0 Å². The second-order valence-corrected chi connectivity index (χ2v) is 6.35. The monoisotopic (exact) mass is 256 g/mol. The van der Waals surface area contributed by atoms with Crippen LogP contribution in [0.5, 0.6) is 0 Å². The predicted molar refractivity (Wildman–Crippen MR) is 77.8 cm³/mol. The molecule has 1 aliphatic heterocycles. The molecule has 1 fully saturated rings. The Balaban J connectivity index is 2.32. The molecule has 0 aliphatic carbocycles. The van der Waals surface area contributed by atoms with Crippen LogP contribution in [0.1, 0.15) is 46.5 Å². The van der Waals surface area contributed by atoms with E-state index in [0.29, 0.717) is 0 Å². The van der Waals surface area contributed by atoms with E-state index in [1.54, 1.807) is 0 Å². The highest BCUT2D eigenvalue weighted by atomic mass is 16.3. The molecule has 1 rings (SSSR count). The molecule has 0 aromatic rings. The number of nitrogens with zero attached hydrogens (tertiary/aromatic N) is 1. The minimum absolute atomic E-state index is 0.0625. The summed E-state index contributed by atoms with van der Waals surface area (Å²) in [5.74, 6) is 1.68. The lowest BCUT2D eigenvalue weighted by Crippen LogP contribution is -2.47. The maximum Gasteiger partial charge on any atom is 0.0613 e. The molecule has 0 aromatic carbocycles. The molecule has 3 nitrogen and oxygen atoms in total. The smallest absolute Gasteiger partial charge is 0.0613 e. The molecule has 108 valence electrons. The summed E-state index contributed by atoms with van der Waals surface area (Å²) in [5, 5.41) is 12.8. The largest absolute Gasteiger partial charge is 0.394 e. The second kappa shape index (κ2) is 7.46. The van der Waals surface area contributed by atoms with E-state index in [1.165, 1.54) is 32.5 Å². The third-order valence-corrected chi connectivity index (χ3v) is 4.58. The molecule has 1 heterocycles. The molecule has 0 aromatic heterocycles. The van der Waals surface area contributed by atoms with Crippen LogP contribution >= 0.6 is 0 Å². The van der Waals surface area contributed by atoms with Crippen LogP contribution < -0.4 is 5.32 Å². The van der Waals surface area contributed by atoms with Gasteiger partial charge in [0.15, 0.2) is 0 Å². The number of hydrogen-bond donors (Lipinski definition) is 2. The summed E-state index contributed by atoms with van der Waals surface area (Å²) in [6.07, 6.45) is 4.61. The number of rotatable bonds is 7. The van der Waals surface area contributed by atoms with E-state index < -0.39 is 0 Å². The van der Waals surface area contributed by atoms with Crippen molar-refractivity contribution >= 4 is 0 Å². The van der Waals surface area contributed by atoms with Crippen LogP contribution in [0.25, 0.3) is 0 Å². The Morgan fingerprint density at radius 2 is 1.89 bits per heavy atom. The fourth-order valence-electron chi connectivity index (χ4n) is 3.36. The van der Waals surface area contributed by atoms with Crippen molar-refractivity contribution in [2.24, 2.45) is 11.8 Å². The van der Waals surface area contributed by atoms with Crippen molar-refractivity contribution in [1.29, 1.82) is 0 Å². The van der Waals surface area contributed by atoms with Crippen molar-refractivity contribution in [2.45, 2.75) is 52.0 Å². The number of likely N-dealkylation sites (N-methyl/N-ethyl adjacent to an activating group) is 1. The zero-order valence-corrected chi connectivity index (χ0v) is 12.7. The first-order chi connectivity index (χ1) is 8.55. The predicted octanol–water partition coefficient (Wildman–Crippen LogP) is 2.10. The van der Waals surface area contributed by atoms with Crippen LogP contribution in [-0.4, -0.2) is 48.8 Å². The number of hydrogen-bond acceptors (Lipinski definition) is 3. The lowest BCUT2D eigenvalue weighted by atomic mass is 9.89. The fraction of sp³-hybridized carbons (Fsp3) is 1.00. The normalized spacial score (nSPS) is 29.2. The maximum atomic E-state index is 9.52. The van der Waals surface area contributed by atoms with E-state index >= 15 is 0 Å². The maximum absolute atomic E-state index is 9.52. The molecule has 1 aliphatic rings. The molecule has 0 spiro atoms.